The third-order valence-corrected chi connectivity index (χ3v) is 16.3. The molecule has 0 bridgehead atoms. The van der Waals surface area contributed by atoms with Crippen molar-refractivity contribution in [3.8, 4) is 0 Å². The fourth-order valence-corrected chi connectivity index (χ4v) is 10.2. The van der Waals surface area contributed by atoms with Crippen LogP contribution < -0.4 is 54.0 Å². The van der Waals surface area contributed by atoms with Gasteiger partial charge < -0.3 is 107 Å². The number of ketones is 1. The molecule has 1 aliphatic rings. The maximum atomic E-state index is 12.7. The highest BCUT2D eigenvalue weighted by Gasteiger charge is 2.22. The number of ether oxygens (including phenoxy) is 8. The topological polar surface area (TPSA) is 518 Å². The highest BCUT2D eigenvalue weighted by Crippen LogP contribution is 2.14. The molecule has 3 atom stereocenters. The fourth-order valence-electron chi connectivity index (χ4n) is 10.2. The van der Waals surface area contributed by atoms with Crippen LogP contribution in [0.3, 0.4) is 0 Å². The van der Waals surface area contributed by atoms with E-state index in [-0.39, 0.29) is 177 Å². The van der Waals surface area contributed by atoms with E-state index in [1.54, 1.807) is 28.9 Å². The number of carboxylic acid groups (broad SMARTS) is 3. The molecular weight excluding hydrogens is 1430 g/mol. The Morgan fingerprint density at radius 1 is 0.394 bits per heavy atom. The molecule has 1 fully saturated rings. The average molecular weight is 1570 g/mol. The Morgan fingerprint density at radius 2 is 0.734 bits per heavy atom. The van der Waals surface area contributed by atoms with Gasteiger partial charge in [-0.15, -0.1) is 0 Å². The quantitative estimate of drug-likeness (QED) is 0.0276. The van der Waals surface area contributed by atoms with Gasteiger partial charge in [-0.05, 0) is 64.3 Å². The van der Waals surface area contributed by atoms with E-state index in [1.807, 2.05) is 18.7 Å². The number of hydrogen-bond acceptors (Lipinski definition) is 26. The van der Waals surface area contributed by atoms with Crippen LogP contribution in [0.5, 0.6) is 0 Å². The summed E-state index contributed by atoms with van der Waals surface area (Å²) in [4.78, 5) is 157. The van der Waals surface area contributed by atoms with E-state index >= 15 is 0 Å². The van der Waals surface area contributed by atoms with Gasteiger partial charge in [0.05, 0.1) is 112 Å². The van der Waals surface area contributed by atoms with Crippen molar-refractivity contribution in [3.05, 3.63) is 0 Å². The monoisotopic (exact) mass is 1570 g/mol. The minimum atomic E-state index is -1.02. The number of amides is 9. The lowest BCUT2D eigenvalue weighted by Crippen LogP contribution is -2.50. The van der Waals surface area contributed by atoms with Gasteiger partial charge in [0.15, 0.2) is 0 Å². The van der Waals surface area contributed by atoms with E-state index in [0.29, 0.717) is 162 Å². The molecule has 0 aromatic carbocycles. The van der Waals surface area contributed by atoms with Gasteiger partial charge in [-0.3, -0.25) is 81.9 Å². The average Bonchev–Trinajstić information content (AvgIpc) is 0.900. The fraction of sp³-hybridized carbons (Fsp3) is 0.817. The standard InChI is InChI=1S/C35H65N5O10.C27H50N6O12.C9H19N3O2/c1-4-29(35(36)46)12-7-9-16-38-33(44)26-49-23-22-48-20-18-40-34(45)27-50-24-21-47-19-17-39-32(43)14-10-13-31(42)37-15-8-6-11-28(3)25-30(41)5-2;1-42-14-15-43-13-3-29-24(35)22-45-17-16-44-12-2-28-23(34)18-30-4-6-31(19-25(36)37)8-10-33(21-27(40)41)11-9-32(7-5-30)20-26(38)39;1-7(13)12-6-4-3-5-8(11-2)9(10)14/h28-29H,4-27H2,1-3H3,(H2,36,46)(H,37,42)(H,38,44)(H,39,43)(H,40,45);2-22H2,1H3,(H,28,34)(H,29,35)(H,36,37)(H,38,39)(H,40,41);8,11H,3-6H2,1-2H3,(H2,10,14)(H,12,13)/t28-,29+;;8-/m1.0/s1. The van der Waals surface area contributed by atoms with Crippen LogP contribution in [0.4, 0.5) is 0 Å². The predicted octanol–water partition coefficient (Wildman–Crippen LogP) is -2.70. The molecule has 0 aromatic heterocycles. The van der Waals surface area contributed by atoms with Gasteiger partial charge in [-0.25, -0.2) is 0 Å². The summed E-state index contributed by atoms with van der Waals surface area (Å²) in [5, 5.41) is 50.0. The van der Waals surface area contributed by atoms with Crippen LogP contribution in [0.15, 0.2) is 0 Å². The Hall–Kier alpha value is -7.21. The number of rotatable bonds is 64. The third kappa shape index (κ3) is 70.9. The SMILES string of the molecule is CCC(=O)C[C@H](C)CCCCNC(=O)CCCC(=O)NCCOCCOCC(=O)NCCOCCOCC(=O)NCCCC[C@H](CC)C(N)=O.CN[C@@H](CCCCNC(C)=O)C(N)=O.COCCOCCNC(=O)COCCOCCNC(=O)CN1CCN(CC(=O)O)CCN(CC(=O)O)CCN(CC(=O)O)CC1. The molecule has 38 nitrogen and oxygen atoms in total. The van der Waals surface area contributed by atoms with E-state index in [4.69, 9.17) is 49.4 Å². The second-order valence-corrected chi connectivity index (χ2v) is 25.8. The lowest BCUT2D eigenvalue weighted by Gasteiger charge is -2.32. The number of nitrogens with zero attached hydrogens (tertiary/aromatic N) is 4. The summed E-state index contributed by atoms with van der Waals surface area (Å²) in [6, 6.07) is -0.257. The Balaban J connectivity index is 0. The molecule has 0 spiro atoms. The molecule has 632 valence electrons. The van der Waals surface area contributed by atoms with Crippen molar-refractivity contribution >= 4 is 76.9 Å². The molecule has 0 saturated carbocycles. The van der Waals surface area contributed by atoms with E-state index in [2.05, 4.69) is 49.5 Å². The van der Waals surface area contributed by atoms with Crippen LogP contribution in [0.1, 0.15) is 124 Å². The van der Waals surface area contributed by atoms with Crippen LogP contribution in [0, 0.1) is 11.8 Å². The van der Waals surface area contributed by atoms with Gasteiger partial charge in [0.25, 0.3) is 0 Å². The zero-order chi connectivity index (χ0) is 81.5. The van der Waals surface area contributed by atoms with Crippen molar-refractivity contribution in [3.63, 3.8) is 0 Å². The van der Waals surface area contributed by atoms with Crippen molar-refractivity contribution in [2.24, 2.45) is 23.3 Å². The molecule has 0 radical (unpaired) electrons. The minimum absolute atomic E-state index is 0.0165. The van der Waals surface area contributed by atoms with Gasteiger partial charge >= 0.3 is 17.9 Å². The Labute approximate surface area is 643 Å². The molecule has 0 unspecified atom stereocenters. The summed E-state index contributed by atoms with van der Waals surface area (Å²) in [7, 11) is 3.29. The highest BCUT2D eigenvalue weighted by atomic mass is 16.5. The minimum Gasteiger partial charge on any atom is -0.480 e. The summed E-state index contributed by atoms with van der Waals surface area (Å²) in [6.45, 7) is 15.6. The van der Waals surface area contributed by atoms with Gasteiger partial charge in [0.2, 0.25) is 53.2 Å². The number of carboxylic acids is 3. The van der Waals surface area contributed by atoms with Crippen molar-refractivity contribution in [2.45, 2.75) is 130 Å². The number of carbonyl (C=O) groups is 13. The Morgan fingerprint density at radius 3 is 1.09 bits per heavy atom. The van der Waals surface area contributed by atoms with Gasteiger partial charge in [0, 0.05) is 144 Å². The van der Waals surface area contributed by atoms with E-state index in [9.17, 15) is 77.6 Å². The lowest BCUT2D eigenvalue weighted by atomic mass is 9.97. The molecule has 15 N–H and O–H groups in total. The first-order valence-corrected chi connectivity index (χ1v) is 37.9. The van der Waals surface area contributed by atoms with Crippen LogP contribution in [0.25, 0.3) is 0 Å². The number of hydrogen-bond donors (Lipinski definition) is 13. The molecule has 1 aliphatic heterocycles. The predicted molar refractivity (Wildman–Crippen MR) is 403 cm³/mol. The third-order valence-electron chi connectivity index (χ3n) is 16.3. The number of aliphatic carboxylic acids is 3. The number of likely N-dealkylation sites (N-methyl/N-ethyl adjacent to an activating group) is 1. The zero-order valence-electron chi connectivity index (χ0n) is 65.7. The van der Waals surface area contributed by atoms with E-state index < -0.39 is 17.9 Å². The van der Waals surface area contributed by atoms with E-state index in [0.717, 1.165) is 57.8 Å². The van der Waals surface area contributed by atoms with Crippen molar-refractivity contribution in [1.82, 2.24) is 62.1 Å². The molecule has 1 heterocycles. The number of methoxy groups -OCH3 is 1. The molecule has 38 heteroatoms. The number of carbonyl (C=O) groups excluding carboxylic acids is 10. The first-order valence-electron chi connectivity index (χ1n) is 37.9. The summed E-state index contributed by atoms with van der Waals surface area (Å²) < 4.78 is 42.1. The van der Waals surface area contributed by atoms with Crippen molar-refractivity contribution < 1.29 is 116 Å². The molecule has 109 heavy (non-hydrogen) atoms. The molecule has 0 aliphatic carbocycles. The molecule has 1 saturated heterocycles. The zero-order valence-corrected chi connectivity index (χ0v) is 65.7. The van der Waals surface area contributed by atoms with Gasteiger partial charge in [-0.2, -0.15) is 0 Å². The number of unbranched alkanes of at least 4 members (excludes halogenated alkanes) is 3. The van der Waals surface area contributed by atoms with E-state index in [1.165, 1.54) is 6.92 Å². The summed E-state index contributed by atoms with van der Waals surface area (Å²) in [5.74, 6) is -4.37. The first kappa shape index (κ1) is 104. The largest absolute Gasteiger partial charge is 0.480 e. The number of Topliss-reactive ketones (excluding diaryl/α,β-unsaturated/α-hetero) is 1. The smallest absolute Gasteiger partial charge is 0.317 e. The Kier molecular flexibility index (Phi) is 68.9. The van der Waals surface area contributed by atoms with Crippen LogP contribution in [-0.2, 0) is 100 Å². The van der Waals surface area contributed by atoms with Crippen LogP contribution >= 0.6 is 0 Å². The molecule has 0 aromatic rings. The van der Waals surface area contributed by atoms with Crippen molar-refractivity contribution in [1.29, 1.82) is 0 Å². The van der Waals surface area contributed by atoms with Gasteiger partial charge in [0.1, 0.15) is 25.6 Å². The van der Waals surface area contributed by atoms with Crippen molar-refractivity contribution in [2.75, 3.05) is 238 Å². The Bertz CT molecular complexity index is 2470. The number of nitrogens with two attached hydrogens (primary N) is 2. The number of nitrogens with one attached hydrogen (secondary N) is 8. The lowest BCUT2D eigenvalue weighted by molar-refractivity contribution is -0.140. The second-order valence-electron chi connectivity index (χ2n) is 25.8. The summed E-state index contributed by atoms with van der Waals surface area (Å²) in [5.41, 5.74) is 10.5. The van der Waals surface area contributed by atoms with Gasteiger partial charge in [-0.1, -0.05) is 40.0 Å². The molecule has 9 amide bonds. The summed E-state index contributed by atoms with van der Waals surface area (Å²) in [6.07, 6.45) is 10.5. The molecular formula is C71H134N14O24. The molecule has 1 rings (SSSR count). The highest BCUT2D eigenvalue weighted by molar-refractivity contribution is 5.81. The summed E-state index contributed by atoms with van der Waals surface area (Å²) >= 11 is 0. The maximum Gasteiger partial charge on any atom is 0.317 e. The van der Waals surface area contributed by atoms with Crippen LogP contribution in [0.2, 0.25) is 0 Å². The first-order chi connectivity index (χ1) is 52.2. The number of primary amides is 2. The second kappa shape index (κ2) is 72.3. The van der Waals surface area contributed by atoms with Crippen LogP contribution in [-0.4, -0.2) is 355 Å². The maximum absolute atomic E-state index is 12.7. The normalized spacial score (nSPS) is 13.9.